The predicted octanol–water partition coefficient (Wildman–Crippen LogP) is 0.722. The molecule has 3 N–H and O–H groups in total. The summed E-state index contributed by atoms with van der Waals surface area (Å²) in [6.07, 6.45) is 7.10. The van der Waals surface area contributed by atoms with E-state index in [1.165, 1.54) is 0 Å². The molecule has 2 unspecified atom stereocenters. The minimum atomic E-state index is -0.352. The first-order valence-electron chi connectivity index (χ1n) is 10.1. The third-order valence-electron chi connectivity index (χ3n) is 6.11. The number of aliphatic hydroxyl groups is 1. The van der Waals surface area contributed by atoms with Gasteiger partial charge in [0.1, 0.15) is 18.0 Å². The van der Waals surface area contributed by atoms with E-state index in [9.17, 15) is 9.90 Å². The number of aromatic nitrogens is 2. The lowest BCUT2D eigenvalue weighted by Gasteiger charge is -2.34. The number of likely N-dealkylation sites (N-methyl/N-ethyl adjacent to an activating group) is 1. The molecule has 2 aliphatic heterocycles. The van der Waals surface area contributed by atoms with Crippen LogP contribution in [0.2, 0.25) is 0 Å². The molecule has 0 radical (unpaired) electrons. The molecule has 0 aromatic carbocycles. The molecule has 0 bridgehead atoms. The predicted molar refractivity (Wildman–Crippen MR) is 104 cm³/mol. The molecule has 1 aromatic heterocycles. The molecule has 2 atom stereocenters. The zero-order chi connectivity index (χ0) is 18.8. The van der Waals surface area contributed by atoms with Crippen LogP contribution < -0.4 is 15.5 Å². The molecule has 148 valence electrons. The highest BCUT2D eigenvalue weighted by Gasteiger charge is 2.33. The van der Waals surface area contributed by atoms with Crippen LogP contribution in [0.15, 0.2) is 6.33 Å². The minimum Gasteiger partial charge on any atom is -0.391 e. The first kappa shape index (κ1) is 18.4. The van der Waals surface area contributed by atoms with Gasteiger partial charge in [-0.2, -0.15) is 0 Å². The summed E-state index contributed by atoms with van der Waals surface area (Å²) in [4.78, 5) is 25.8. The molecule has 8 nitrogen and oxygen atoms in total. The molecule has 1 saturated heterocycles. The third-order valence-corrected chi connectivity index (χ3v) is 6.11. The molecule has 3 heterocycles. The number of aliphatic hydroxyl groups excluding tert-OH is 1. The Hall–Kier alpha value is -1.93. The number of rotatable bonds is 3. The fourth-order valence-corrected chi connectivity index (χ4v) is 4.54. The summed E-state index contributed by atoms with van der Waals surface area (Å²) < 4.78 is 0. The lowest BCUT2D eigenvalue weighted by molar-refractivity contribution is -0.133. The summed E-state index contributed by atoms with van der Waals surface area (Å²) in [7, 11) is 1.91. The number of hydrogen-bond donors (Lipinski definition) is 3. The molecule has 4 rings (SSSR count). The van der Waals surface area contributed by atoms with Crippen LogP contribution in [0.25, 0.3) is 0 Å². The summed E-state index contributed by atoms with van der Waals surface area (Å²) >= 11 is 0. The monoisotopic (exact) mass is 374 g/mol. The van der Waals surface area contributed by atoms with Gasteiger partial charge in [0, 0.05) is 13.1 Å². The van der Waals surface area contributed by atoms with Gasteiger partial charge >= 0.3 is 0 Å². The molecule has 2 fully saturated rings. The number of nitrogens with zero attached hydrogens (tertiary/aromatic N) is 4. The summed E-state index contributed by atoms with van der Waals surface area (Å²) in [5.74, 6) is 1.71. The van der Waals surface area contributed by atoms with Gasteiger partial charge in [0.05, 0.1) is 30.8 Å². The number of hydrogen-bond acceptors (Lipinski definition) is 7. The highest BCUT2D eigenvalue weighted by Crippen LogP contribution is 2.31. The van der Waals surface area contributed by atoms with Crippen LogP contribution in [0.3, 0.4) is 0 Å². The van der Waals surface area contributed by atoms with Crippen molar-refractivity contribution in [2.24, 2.45) is 0 Å². The molecule has 1 aliphatic carbocycles. The van der Waals surface area contributed by atoms with Crippen molar-refractivity contribution in [2.45, 2.75) is 63.3 Å². The number of amides is 1. The lowest BCUT2D eigenvalue weighted by Crippen LogP contribution is -2.47. The van der Waals surface area contributed by atoms with Crippen LogP contribution in [0.4, 0.5) is 11.6 Å². The van der Waals surface area contributed by atoms with E-state index in [0.29, 0.717) is 13.1 Å². The standard InChI is InChI=1S/C19H30N6O2/c1-24-11-17(27)25(13-6-8-20-9-7-13)10-14-18(21-12-22-19(14)24)23-15-4-2-3-5-16(15)26/h12-13,15-16,20,26H,2-11H2,1H3,(H,21,22,23). The zero-order valence-electron chi connectivity index (χ0n) is 16.0. The van der Waals surface area contributed by atoms with Crippen molar-refractivity contribution in [1.82, 2.24) is 20.2 Å². The molecule has 1 aromatic rings. The average molecular weight is 374 g/mol. The number of carbonyl (C=O) groups is 1. The van der Waals surface area contributed by atoms with Crippen LogP contribution in [0.5, 0.6) is 0 Å². The van der Waals surface area contributed by atoms with Crippen LogP contribution >= 0.6 is 0 Å². The first-order chi connectivity index (χ1) is 13.1. The topological polar surface area (TPSA) is 93.6 Å². The third kappa shape index (κ3) is 3.87. The maximum Gasteiger partial charge on any atom is 0.242 e. The van der Waals surface area contributed by atoms with Gasteiger partial charge in [-0.3, -0.25) is 4.79 Å². The van der Waals surface area contributed by atoms with Crippen LogP contribution in [0.1, 0.15) is 44.1 Å². The van der Waals surface area contributed by atoms with Crippen molar-refractivity contribution in [3.8, 4) is 0 Å². The van der Waals surface area contributed by atoms with Crippen molar-refractivity contribution >= 4 is 17.5 Å². The molecule has 0 spiro atoms. The van der Waals surface area contributed by atoms with E-state index in [-0.39, 0.29) is 24.1 Å². The molecule has 1 amide bonds. The van der Waals surface area contributed by atoms with Gasteiger partial charge in [0.15, 0.2) is 0 Å². The second kappa shape index (κ2) is 7.98. The summed E-state index contributed by atoms with van der Waals surface area (Å²) in [6.45, 7) is 2.75. The van der Waals surface area contributed by atoms with Gasteiger partial charge < -0.3 is 25.5 Å². The highest BCUT2D eigenvalue weighted by atomic mass is 16.3. The Morgan fingerprint density at radius 2 is 1.93 bits per heavy atom. The number of nitrogens with one attached hydrogen (secondary N) is 2. The molecule has 27 heavy (non-hydrogen) atoms. The summed E-state index contributed by atoms with van der Waals surface area (Å²) in [5, 5.41) is 17.2. The van der Waals surface area contributed by atoms with Crippen LogP contribution in [-0.4, -0.2) is 70.8 Å². The first-order valence-corrected chi connectivity index (χ1v) is 10.1. The Labute approximate surface area is 160 Å². The maximum absolute atomic E-state index is 12.9. The molecule has 8 heteroatoms. The maximum atomic E-state index is 12.9. The number of carbonyl (C=O) groups excluding carboxylic acids is 1. The van der Waals surface area contributed by atoms with E-state index in [0.717, 1.165) is 68.8 Å². The van der Waals surface area contributed by atoms with Gasteiger partial charge in [0.2, 0.25) is 5.91 Å². The quantitative estimate of drug-likeness (QED) is 0.718. The van der Waals surface area contributed by atoms with Crippen molar-refractivity contribution in [3.63, 3.8) is 0 Å². The second-order valence-electron chi connectivity index (χ2n) is 7.99. The highest BCUT2D eigenvalue weighted by molar-refractivity contribution is 5.84. The number of piperidine rings is 1. The van der Waals surface area contributed by atoms with E-state index in [1.807, 2.05) is 16.8 Å². The zero-order valence-corrected chi connectivity index (χ0v) is 16.0. The number of anilines is 2. The normalized spacial score (nSPS) is 27.3. The van der Waals surface area contributed by atoms with Gasteiger partial charge in [-0.25, -0.2) is 9.97 Å². The Bertz CT molecular complexity index is 678. The van der Waals surface area contributed by atoms with E-state index >= 15 is 0 Å². The fraction of sp³-hybridized carbons (Fsp3) is 0.737. The Kier molecular flexibility index (Phi) is 5.45. The van der Waals surface area contributed by atoms with E-state index in [2.05, 4.69) is 20.6 Å². The van der Waals surface area contributed by atoms with Gasteiger partial charge in [-0.05, 0) is 38.8 Å². The molecular formula is C19H30N6O2. The van der Waals surface area contributed by atoms with Crippen molar-refractivity contribution < 1.29 is 9.90 Å². The Balaban J connectivity index is 1.62. The Morgan fingerprint density at radius 1 is 1.15 bits per heavy atom. The smallest absolute Gasteiger partial charge is 0.242 e. The fourth-order valence-electron chi connectivity index (χ4n) is 4.54. The minimum absolute atomic E-state index is 0.00865. The van der Waals surface area contributed by atoms with Crippen molar-refractivity contribution in [1.29, 1.82) is 0 Å². The SMILES string of the molecule is CN1CC(=O)N(C2CCNCC2)Cc2c(NC3CCCCC3O)ncnc21. The molecule has 1 saturated carbocycles. The number of fused-ring (bicyclic) bond motifs is 1. The van der Waals surface area contributed by atoms with Gasteiger partial charge in [0.25, 0.3) is 0 Å². The van der Waals surface area contributed by atoms with Crippen molar-refractivity contribution in [2.75, 3.05) is 36.9 Å². The van der Waals surface area contributed by atoms with E-state index in [1.54, 1.807) is 6.33 Å². The summed E-state index contributed by atoms with van der Waals surface area (Å²) in [6, 6.07) is 0.265. The molecule has 3 aliphatic rings. The summed E-state index contributed by atoms with van der Waals surface area (Å²) in [5.41, 5.74) is 0.960. The second-order valence-corrected chi connectivity index (χ2v) is 7.99. The van der Waals surface area contributed by atoms with E-state index in [4.69, 9.17) is 0 Å². The lowest BCUT2D eigenvalue weighted by atomic mass is 9.92. The van der Waals surface area contributed by atoms with Crippen LogP contribution in [0, 0.1) is 0 Å². The van der Waals surface area contributed by atoms with Gasteiger partial charge in [-0.1, -0.05) is 12.8 Å². The van der Waals surface area contributed by atoms with E-state index < -0.39 is 0 Å². The molecular weight excluding hydrogens is 344 g/mol. The van der Waals surface area contributed by atoms with Crippen LogP contribution in [-0.2, 0) is 11.3 Å². The largest absolute Gasteiger partial charge is 0.391 e. The van der Waals surface area contributed by atoms with Gasteiger partial charge in [-0.15, -0.1) is 0 Å². The van der Waals surface area contributed by atoms with Crippen molar-refractivity contribution in [3.05, 3.63) is 11.9 Å². The Morgan fingerprint density at radius 3 is 2.70 bits per heavy atom. The average Bonchev–Trinajstić information content (AvgIpc) is 2.81.